The summed E-state index contributed by atoms with van der Waals surface area (Å²) in [6.07, 6.45) is 23.1. The smallest absolute Gasteiger partial charge is 0.227 e. The molecule has 4 aliphatic rings. The Labute approximate surface area is 222 Å². The minimum absolute atomic E-state index is 0.153. The van der Waals surface area contributed by atoms with Crippen LogP contribution in [-0.2, 0) is 0 Å². The van der Waals surface area contributed by atoms with E-state index >= 15 is 0 Å². The largest absolute Gasteiger partial charge is 0.395 e. The van der Waals surface area contributed by atoms with Gasteiger partial charge in [0.25, 0.3) is 0 Å². The van der Waals surface area contributed by atoms with Crippen LogP contribution in [0.1, 0.15) is 89.9 Å². The number of aliphatic hydroxyl groups excluding tert-OH is 2. The summed E-state index contributed by atoms with van der Waals surface area (Å²) in [5, 5.41) is 23.0. The lowest BCUT2D eigenvalue weighted by molar-refractivity contribution is 0.122. The van der Waals surface area contributed by atoms with Gasteiger partial charge in [-0.25, -0.2) is 4.98 Å². The van der Waals surface area contributed by atoms with E-state index in [2.05, 4.69) is 20.2 Å². The molecule has 6 atom stereocenters. The van der Waals surface area contributed by atoms with Gasteiger partial charge in [0.2, 0.25) is 5.95 Å². The van der Waals surface area contributed by atoms with Crippen molar-refractivity contribution in [2.75, 3.05) is 31.2 Å². The quantitative estimate of drug-likeness (QED) is 0.416. The molecule has 206 valence electrons. The molecule has 4 aliphatic carbocycles. The second-order valence-corrected chi connectivity index (χ2v) is 12.0. The lowest BCUT2D eigenvalue weighted by Gasteiger charge is -2.46. The van der Waals surface area contributed by atoms with Gasteiger partial charge in [0, 0.05) is 43.0 Å². The van der Waals surface area contributed by atoms with Gasteiger partial charge in [0.05, 0.1) is 13.2 Å². The zero-order valence-electron chi connectivity index (χ0n) is 22.7. The number of H-pyrrole nitrogens is 1. The molecule has 6 rings (SSSR count). The number of hydrogen-bond acceptors (Lipinski definition) is 6. The van der Waals surface area contributed by atoms with Crippen LogP contribution in [0.2, 0.25) is 0 Å². The molecular formula is C30H49N5O2. The molecule has 0 spiro atoms. The Balaban J connectivity index is 0.000000171. The van der Waals surface area contributed by atoms with Crippen LogP contribution in [0.15, 0.2) is 18.5 Å². The van der Waals surface area contributed by atoms with E-state index < -0.39 is 0 Å². The first-order valence-electron chi connectivity index (χ1n) is 15.3. The van der Waals surface area contributed by atoms with Gasteiger partial charge in [0.15, 0.2) is 0 Å². The van der Waals surface area contributed by atoms with Crippen LogP contribution in [0.3, 0.4) is 0 Å². The van der Waals surface area contributed by atoms with Crippen molar-refractivity contribution in [1.82, 2.24) is 20.3 Å². The molecule has 0 saturated heterocycles. The fourth-order valence-corrected chi connectivity index (χ4v) is 8.22. The molecule has 0 amide bonds. The molecule has 0 aliphatic heterocycles. The monoisotopic (exact) mass is 511 g/mol. The first-order valence-corrected chi connectivity index (χ1v) is 15.3. The van der Waals surface area contributed by atoms with Gasteiger partial charge in [-0.05, 0) is 55.4 Å². The molecule has 7 heteroatoms. The number of aromatic nitrogens is 3. The summed E-state index contributed by atoms with van der Waals surface area (Å²) in [4.78, 5) is 14.8. The number of rotatable bonds is 7. The van der Waals surface area contributed by atoms with Crippen molar-refractivity contribution in [3.05, 3.63) is 18.5 Å². The van der Waals surface area contributed by atoms with Crippen molar-refractivity contribution in [3.63, 3.8) is 0 Å². The summed E-state index contributed by atoms with van der Waals surface area (Å²) in [5.41, 5.74) is 0.883. The highest BCUT2D eigenvalue weighted by atomic mass is 16.3. The van der Waals surface area contributed by atoms with Crippen LogP contribution in [0.25, 0.3) is 11.0 Å². The first-order chi connectivity index (χ1) is 18.3. The predicted molar refractivity (Wildman–Crippen MR) is 150 cm³/mol. The lowest BCUT2D eigenvalue weighted by Crippen LogP contribution is -2.48. The Hall–Kier alpha value is -1.70. The number of fused-ring (bicyclic) bond motifs is 3. The first kappa shape index (κ1) is 26.9. The van der Waals surface area contributed by atoms with Crippen molar-refractivity contribution < 1.29 is 10.2 Å². The minimum atomic E-state index is 0.153. The molecule has 4 N–H and O–H groups in total. The van der Waals surface area contributed by atoms with E-state index in [0.29, 0.717) is 18.6 Å². The fourth-order valence-electron chi connectivity index (χ4n) is 8.22. The maximum Gasteiger partial charge on any atom is 0.227 e. The van der Waals surface area contributed by atoms with Crippen LogP contribution < -0.4 is 10.2 Å². The Morgan fingerprint density at radius 2 is 1.54 bits per heavy atom. The van der Waals surface area contributed by atoms with E-state index in [1.54, 1.807) is 0 Å². The van der Waals surface area contributed by atoms with E-state index in [1.807, 2.05) is 18.5 Å². The summed E-state index contributed by atoms with van der Waals surface area (Å²) >= 11 is 0. The number of aromatic amines is 1. The van der Waals surface area contributed by atoms with Gasteiger partial charge in [0.1, 0.15) is 5.65 Å². The third-order valence-electron chi connectivity index (χ3n) is 9.92. The molecule has 6 unspecified atom stereocenters. The van der Waals surface area contributed by atoms with Gasteiger partial charge >= 0.3 is 0 Å². The van der Waals surface area contributed by atoms with Gasteiger partial charge in [-0.15, -0.1) is 0 Å². The summed E-state index contributed by atoms with van der Waals surface area (Å²) in [5.74, 6) is 4.29. The number of hydrogen-bond donors (Lipinski definition) is 4. The molecule has 0 aromatic carbocycles. The third kappa shape index (κ3) is 6.48. The highest BCUT2D eigenvalue weighted by molar-refractivity contribution is 5.75. The second-order valence-electron chi connectivity index (χ2n) is 12.0. The topological polar surface area (TPSA) is 97.3 Å². The van der Waals surface area contributed by atoms with Crippen LogP contribution >= 0.6 is 0 Å². The Kier molecular flexibility index (Phi) is 9.73. The molecule has 0 bridgehead atoms. The number of nitrogens with zero attached hydrogens (tertiary/aromatic N) is 3. The van der Waals surface area contributed by atoms with Gasteiger partial charge in [-0.1, -0.05) is 64.2 Å². The van der Waals surface area contributed by atoms with Gasteiger partial charge in [-0.3, -0.25) is 0 Å². The summed E-state index contributed by atoms with van der Waals surface area (Å²) in [7, 11) is 0. The molecule has 2 aromatic rings. The molecule has 37 heavy (non-hydrogen) atoms. The van der Waals surface area contributed by atoms with Crippen molar-refractivity contribution in [2.45, 2.75) is 102 Å². The third-order valence-corrected chi connectivity index (χ3v) is 9.92. The van der Waals surface area contributed by atoms with E-state index in [9.17, 15) is 5.11 Å². The van der Waals surface area contributed by atoms with E-state index in [1.165, 1.54) is 89.9 Å². The highest BCUT2D eigenvalue weighted by Gasteiger charge is 2.38. The van der Waals surface area contributed by atoms with Crippen molar-refractivity contribution in [2.24, 2.45) is 23.7 Å². The van der Waals surface area contributed by atoms with Gasteiger partial charge < -0.3 is 25.4 Å². The van der Waals surface area contributed by atoms with E-state index in [4.69, 9.17) is 10.1 Å². The average Bonchev–Trinajstić information content (AvgIpc) is 3.43. The highest BCUT2D eigenvalue weighted by Crippen LogP contribution is 2.43. The van der Waals surface area contributed by atoms with Crippen molar-refractivity contribution >= 4 is 17.0 Å². The maximum atomic E-state index is 9.59. The second kappa shape index (κ2) is 13.4. The Morgan fingerprint density at radius 3 is 2.32 bits per heavy atom. The summed E-state index contributed by atoms with van der Waals surface area (Å²) in [6, 6.07) is 3.18. The summed E-state index contributed by atoms with van der Waals surface area (Å²) in [6.45, 7) is 1.85. The predicted octanol–water partition coefficient (Wildman–Crippen LogP) is 5.04. The average molecular weight is 512 g/mol. The maximum absolute atomic E-state index is 9.59. The lowest BCUT2D eigenvalue weighted by atomic mass is 9.68. The molecule has 4 fully saturated rings. The zero-order valence-corrected chi connectivity index (χ0v) is 22.7. The molecule has 0 radical (unpaired) electrons. The number of aliphatic hydroxyl groups is 2. The van der Waals surface area contributed by atoms with E-state index in [0.717, 1.165) is 47.2 Å². The molecule has 2 heterocycles. The molecule has 7 nitrogen and oxygen atoms in total. The summed E-state index contributed by atoms with van der Waals surface area (Å²) < 4.78 is 0. The Morgan fingerprint density at radius 1 is 0.838 bits per heavy atom. The van der Waals surface area contributed by atoms with Crippen molar-refractivity contribution in [3.8, 4) is 0 Å². The van der Waals surface area contributed by atoms with Crippen LogP contribution in [0, 0.1) is 23.7 Å². The minimum Gasteiger partial charge on any atom is -0.395 e. The van der Waals surface area contributed by atoms with Gasteiger partial charge in [-0.2, -0.15) is 4.98 Å². The van der Waals surface area contributed by atoms with Crippen LogP contribution in [0.4, 0.5) is 5.95 Å². The SMILES string of the molecule is OCCN(c1ncc2cc[nH]c2n1)C1CCCC2CCCCC21.OCCNC1CCCC2CCCCC21. The Bertz CT molecular complexity index is 947. The molecule has 2 aromatic heterocycles. The van der Waals surface area contributed by atoms with Crippen molar-refractivity contribution in [1.29, 1.82) is 0 Å². The standard InChI is InChI=1S/C18H26N4O.C12H23NO/c23-11-10-22(18-20-12-14-8-9-19-17(14)21-18)16-7-3-5-13-4-1-2-6-15(13)16;14-9-8-13-12-7-3-5-10-4-1-2-6-11(10)12/h8-9,12-13,15-16,23H,1-7,10-11H2,(H,19,20,21);10-14H,1-9H2. The van der Waals surface area contributed by atoms with Crippen LogP contribution in [0.5, 0.6) is 0 Å². The molecular weight excluding hydrogens is 462 g/mol. The molecule has 4 saturated carbocycles. The number of nitrogens with one attached hydrogen (secondary N) is 2. The fraction of sp³-hybridized carbons (Fsp3) is 0.800. The number of anilines is 1. The van der Waals surface area contributed by atoms with Crippen LogP contribution in [-0.4, -0.2) is 63.6 Å². The van der Waals surface area contributed by atoms with E-state index in [-0.39, 0.29) is 13.2 Å². The normalized spacial score (nSPS) is 31.6. The zero-order chi connectivity index (χ0) is 25.5.